The van der Waals surface area contributed by atoms with Crippen LogP contribution in [0.3, 0.4) is 0 Å². The van der Waals surface area contributed by atoms with Gasteiger partial charge in [0.05, 0.1) is 23.9 Å². The number of nitrogens with zero attached hydrogens (tertiary/aromatic N) is 1. The summed E-state index contributed by atoms with van der Waals surface area (Å²) in [5, 5.41) is 2.93. The van der Waals surface area contributed by atoms with Crippen molar-refractivity contribution in [3.05, 3.63) is 66.4 Å². The Labute approximate surface area is 185 Å². The number of methoxy groups -OCH3 is 1. The molecular weight excluding hydrogens is 430 g/mol. The van der Waals surface area contributed by atoms with Crippen LogP contribution in [0, 0.1) is 0 Å². The van der Waals surface area contributed by atoms with Crippen LogP contribution in [0.1, 0.15) is 24.8 Å². The number of pyridine rings is 1. The van der Waals surface area contributed by atoms with Crippen molar-refractivity contribution < 1.29 is 22.7 Å². The monoisotopic (exact) mass is 451 g/mol. The fraction of sp³-hybridized carbons (Fsp3) is 0.217. The second kappa shape index (κ2) is 7.52. The van der Waals surface area contributed by atoms with Gasteiger partial charge in [0, 0.05) is 18.3 Å². The molecule has 2 aromatic carbocycles. The number of fused-ring (bicyclic) bond motifs is 2. The first-order valence-corrected chi connectivity index (χ1v) is 11.7. The van der Waals surface area contributed by atoms with Crippen LogP contribution < -0.4 is 19.5 Å². The SMILES string of the molecule is COc1ccccc1S(=O)(=O)Nc1cc(Oc2ccccn2)c2c(c1)C1(CCC1)C(=O)N2. The Bertz CT molecular complexity index is 1300. The van der Waals surface area contributed by atoms with Crippen molar-refractivity contribution in [2.75, 3.05) is 17.1 Å². The molecule has 0 atom stereocenters. The van der Waals surface area contributed by atoms with Gasteiger partial charge in [0.15, 0.2) is 5.75 Å². The van der Waals surface area contributed by atoms with E-state index in [0.29, 0.717) is 35.8 Å². The van der Waals surface area contributed by atoms with Crippen LogP contribution in [0.2, 0.25) is 0 Å². The number of anilines is 2. The molecule has 0 saturated heterocycles. The highest BCUT2D eigenvalue weighted by atomic mass is 32.2. The van der Waals surface area contributed by atoms with Gasteiger partial charge in [-0.05, 0) is 42.7 Å². The Morgan fingerprint density at radius 3 is 2.53 bits per heavy atom. The summed E-state index contributed by atoms with van der Waals surface area (Å²) >= 11 is 0. The van der Waals surface area contributed by atoms with E-state index >= 15 is 0 Å². The summed E-state index contributed by atoms with van der Waals surface area (Å²) in [4.78, 5) is 17.0. The molecule has 2 aliphatic rings. The molecule has 3 aromatic rings. The molecule has 32 heavy (non-hydrogen) atoms. The molecule has 8 nitrogen and oxygen atoms in total. The van der Waals surface area contributed by atoms with E-state index in [1.54, 1.807) is 54.7 Å². The Kier molecular flexibility index (Phi) is 4.78. The van der Waals surface area contributed by atoms with Crippen molar-refractivity contribution >= 4 is 27.3 Å². The number of ether oxygens (including phenoxy) is 2. The normalized spacial score (nSPS) is 16.1. The highest BCUT2D eigenvalue weighted by Gasteiger charge is 2.52. The molecule has 1 amide bonds. The largest absolute Gasteiger partial charge is 0.495 e. The molecule has 1 aliphatic heterocycles. The quantitative estimate of drug-likeness (QED) is 0.585. The average molecular weight is 452 g/mol. The molecule has 164 valence electrons. The summed E-state index contributed by atoms with van der Waals surface area (Å²) in [6, 6.07) is 14.9. The number of carbonyl (C=O) groups is 1. The maximum absolute atomic E-state index is 13.1. The fourth-order valence-electron chi connectivity index (χ4n) is 4.21. The lowest BCUT2D eigenvalue weighted by Crippen LogP contribution is -2.40. The smallest absolute Gasteiger partial charge is 0.265 e. The summed E-state index contributed by atoms with van der Waals surface area (Å²) in [5.74, 6) is 0.812. The van der Waals surface area contributed by atoms with Crippen molar-refractivity contribution in [3.8, 4) is 17.4 Å². The van der Waals surface area contributed by atoms with Crippen LogP contribution in [0.5, 0.6) is 17.4 Å². The Balaban J connectivity index is 1.59. The Morgan fingerprint density at radius 1 is 1.06 bits per heavy atom. The van der Waals surface area contributed by atoms with E-state index in [-0.39, 0.29) is 16.6 Å². The first kappa shape index (κ1) is 20.3. The van der Waals surface area contributed by atoms with Gasteiger partial charge in [0.2, 0.25) is 11.8 Å². The topological polar surface area (TPSA) is 107 Å². The Morgan fingerprint density at radius 2 is 1.84 bits per heavy atom. The number of aromatic nitrogens is 1. The van der Waals surface area contributed by atoms with Crippen molar-refractivity contribution in [3.63, 3.8) is 0 Å². The van der Waals surface area contributed by atoms with Crippen LogP contribution in [0.4, 0.5) is 11.4 Å². The predicted octanol–water partition coefficient (Wildman–Crippen LogP) is 4.06. The highest BCUT2D eigenvalue weighted by molar-refractivity contribution is 7.92. The van der Waals surface area contributed by atoms with E-state index in [2.05, 4.69) is 15.0 Å². The summed E-state index contributed by atoms with van der Waals surface area (Å²) in [6.07, 6.45) is 3.94. The summed E-state index contributed by atoms with van der Waals surface area (Å²) in [5.41, 5.74) is 0.938. The van der Waals surface area contributed by atoms with Gasteiger partial charge in [-0.15, -0.1) is 0 Å². The van der Waals surface area contributed by atoms with E-state index in [1.165, 1.54) is 13.2 Å². The minimum Gasteiger partial charge on any atom is -0.495 e. The minimum atomic E-state index is -3.95. The van der Waals surface area contributed by atoms with Gasteiger partial charge in [-0.1, -0.05) is 24.6 Å². The van der Waals surface area contributed by atoms with Gasteiger partial charge in [-0.3, -0.25) is 9.52 Å². The number of sulfonamides is 1. The summed E-state index contributed by atoms with van der Waals surface area (Å²) < 4.78 is 40.1. The van der Waals surface area contributed by atoms with E-state index < -0.39 is 15.4 Å². The van der Waals surface area contributed by atoms with E-state index in [4.69, 9.17) is 9.47 Å². The number of hydrogen-bond acceptors (Lipinski definition) is 6. The Hall–Kier alpha value is -3.59. The van der Waals surface area contributed by atoms with Gasteiger partial charge >= 0.3 is 0 Å². The van der Waals surface area contributed by atoms with Crippen LogP contribution in [-0.4, -0.2) is 26.4 Å². The third kappa shape index (κ3) is 3.25. The molecule has 2 N–H and O–H groups in total. The summed E-state index contributed by atoms with van der Waals surface area (Å²) in [7, 11) is -2.54. The number of para-hydroxylation sites is 1. The molecule has 1 aromatic heterocycles. The van der Waals surface area contributed by atoms with Gasteiger partial charge in [-0.2, -0.15) is 0 Å². The maximum atomic E-state index is 13.1. The van der Waals surface area contributed by atoms with Gasteiger partial charge in [-0.25, -0.2) is 13.4 Å². The number of carbonyl (C=O) groups excluding carboxylic acids is 1. The van der Waals surface area contributed by atoms with Crippen molar-refractivity contribution in [2.24, 2.45) is 0 Å². The highest BCUT2D eigenvalue weighted by Crippen LogP contribution is 2.55. The zero-order valence-electron chi connectivity index (χ0n) is 17.3. The van der Waals surface area contributed by atoms with Crippen molar-refractivity contribution in [2.45, 2.75) is 29.6 Å². The lowest BCUT2D eigenvalue weighted by Gasteiger charge is -2.36. The third-order valence-electron chi connectivity index (χ3n) is 5.96. The molecule has 1 saturated carbocycles. The standard InChI is InChI=1S/C23H21N3O5S/c1-30-17-7-2-3-8-19(17)32(28,29)26-15-13-16-21(25-22(27)23(16)10-6-11-23)18(14-15)31-20-9-4-5-12-24-20/h2-5,7-9,12-14,26H,6,10-11H2,1H3,(H,25,27). The lowest BCUT2D eigenvalue weighted by atomic mass is 9.65. The van der Waals surface area contributed by atoms with Crippen LogP contribution in [-0.2, 0) is 20.2 Å². The molecule has 0 radical (unpaired) electrons. The number of benzene rings is 2. The molecule has 1 aliphatic carbocycles. The number of hydrogen-bond donors (Lipinski definition) is 2. The minimum absolute atomic E-state index is 0.0164. The average Bonchev–Trinajstić information content (AvgIpc) is 3.06. The summed E-state index contributed by atoms with van der Waals surface area (Å²) in [6.45, 7) is 0. The number of nitrogens with one attached hydrogen (secondary N) is 2. The second-order valence-corrected chi connectivity index (χ2v) is 9.46. The van der Waals surface area contributed by atoms with E-state index in [0.717, 1.165) is 12.0 Å². The van der Waals surface area contributed by atoms with E-state index in [9.17, 15) is 13.2 Å². The maximum Gasteiger partial charge on any atom is 0.265 e. The van der Waals surface area contributed by atoms with Gasteiger partial charge < -0.3 is 14.8 Å². The molecule has 1 fully saturated rings. The molecule has 1 spiro atoms. The molecule has 0 bridgehead atoms. The number of amides is 1. The predicted molar refractivity (Wildman–Crippen MR) is 119 cm³/mol. The first-order valence-electron chi connectivity index (χ1n) is 10.2. The van der Waals surface area contributed by atoms with Gasteiger partial charge in [0.25, 0.3) is 10.0 Å². The first-order chi connectivity index (χ1) is 15.4. The molecule has 9 heteroatoms. The van der Waals surface area contributed by atoms with E-state index in [1.807, 2.05) is 0 Å². The molecule has 2 heterocycles. The van der Waals surface area contributed by atoms with Crippen LogP contribution in [0.15, 0.2) is 65.7 Å². The molecule has 5 rings (SSSR count). The van der Waals surface area contributed by atoms with Crippen molar-refractivity contribution in [1.82, 2.24) is 4.98 Å². The van der Waals surface area contributed by atoms with Crippen molar-refractivity contribution in [1.29, 1.82) is 0 Å². The zero-order chi connectivity index (χ0) is 22.3. The molecule has 0 unspecified atom stereocenters. The van der Waals surface area contributed by atoms with Crippen LogP contribution in [0.25, 0.3) is 0 Å². The fourth-order valence-corrected chi connectivity index (χ4v) is 5.43. The zero-order valence-corrected chi connectivity index (χ0v) is 18.1. The third-order valence-corrected chi connectivity index (χ3v) is 7.38. The lowest BCUT2D eigenvalue weighted by molar-refractivity contribution is -0.123. The number of rotatable bonds is 6. The second-order valence-electron chi connectivity index (χ2n) is 7.81. The van der Waals surface area contributed by atoms with Gasteiger partial charge in [0.1, 0.15) is 10.6 Å². The molecular formula is C23H21N3O5S. The van der Waals surface area contributed by atoms with Crippen LogP contribution >= 0.6 is 0 Å².